The van der Waals surface area contributed by atoms with E-state index >= 15 is 0 Å². The van der Waals surface area contributed by atoms with Crippen LogP contribution in [0.5, 0.6) is 0 Å². The number of nitrogens with one attached hydrogen (secondary N) is 1. The van der Waals surface area contributed by atoms with Gasteiger partial charge in [-0.15, -0.1) is 0 Å². The summed E-state index contributed by atoms with van der Waals surface area (Å²) in [7, 11) is 0. The first-order valence-corrected chi connectivity index (χ1v) is 6.49. The third-order valence-electron chi connectivity index (χ3n) is 3.39. The Bertz CT molecular complexity index is 668. The van der Waals surface area contributed by atoms with E-state index in [1.54, 1.807) is 31.2 Å². The van der Waals surface area contributed by atoms with Crippen LogP contribution >= 0.6 is 11.6 Å². The number of hydrogen-bond donors (Lipinski definition) is 2. The van der Waals surface area contributed by atoms with Crippen LogP contribution in [0.2, 0.25) is 5.02 Å². The van der Waals surface area contributed by atoms with Crippen LogP contribution in [0.4, 0.5) is 0 Å². The normalized spacial score (nSPS) is 22.0. The predicted octanol–water partition coefficient (Wildman–Crippen LogP) is 2.18. The van der Waals surface area contributed by atoms with Crippen molar-refractivity contribution in [1.82, 2.24) is 5.32 Å². The molecule has 6 heteroatoms. The van der Waals surface area contributed by atoms with E-state index in [9.17, 15) is 10.5 Å². The van der Waals surface area contributed by atoms with Crippen molar-refractivity contribution < 1.29 is 0 Å². The smallest absolute Gasteiger partial charge is 0.114 e. The first-order chi connectivity index (χ1) is 9.44. The maximum absolute atomic E-state index is 9.40. The summed E-state index contributed by atoms with van der Waals surface area (Å²) in [6.45, 7) is 1.76. The number of halogens is 1. The van der Waals surface area contributed by atoms with E-state index in [4.69, 9.17) is 30.0 Å². The predicted molar refractivity (Wildman–Crippen MR) is 78.8 cm³/mol. The van der Waals surface area contributed by atoms with Gasteiger partial charge in [-0.3, -0.25) is 0 Å². The van der Waals surface area contributed by atoms with E-state index in [1.165, 1.54) is 0 Å². The lowest BCUT2D eigenvalue weighted by atomic mass is 9.70. The lowest BCUT2D eigenvalue weighted by molar-refractivity contribution is 0.648. The Balaban J connectivity index is 2.76. The molecule has 0 bridgehead atoms. The molecular weight excluding hydrogens is 292 g/mol. The van der Waals surface area contributed by atoms with Crippen molar-refractivity contribution >= 4 is 24.2 Å². The molecule has 0 aliphatic carbocycles. The third kappa shape index (κ3) is 1.98. The van der Waals surface area contributed by atoms with Gasteiger partial charge >= 0.3 is 0 Å². The van der Waals surface area contributed by atoms with Crippen molar-refractivity contribution in [3.63, 3.8) is 0 Å². The van der Waals surface area contributed by atoms with E-state index < -0.39 is 5.41 Å². The lowest BCUT2D eigenvalue weighted by Crippen LogP contribution is -2.39. The summed E-state index contributed by atoms with van der Waals surface area (Å²) in [5.41, 5.74) is 6.18. The standard InChI is InChI=1S/C14H11ClN4S/c1-14(8-2-4-9(15)5-3-8)10(6-16)12(18)19-13(20)11(14)7-17/h2-5,19-20H,18H2,1H3/p-1. The van der Waals surface area contributed by atoms with Crippen molar-refractivity contribution in [2.24, 2.45) is 5.73 Å². The van der Waals surface area contributed by atoms with Gasteiger partial charge in [0.15, 0.2) is 0 Å². The summed E-state index contributed by atoms with van der Waals surface area (Å²) >= 11 is 11.0. The molecule has 100 valence electrons. The van der Waals surface area contributed by atoms with Crippen molar-refractivity contribution in [3.8, 4) is 12.1 Å². The molecule has 1 aliphatic heterocycles. The zero-order chi connectivity index (χ0) is 14.9. The van der Waals surface area contributed by atoms with Crippen molar-refractivity contribution in [2.45, 2.75) is 12.3 Å². The highest BCUT2D eigenvalue weighted by molar-refractivity contribution is 7.63. The average Bonchev–Trinajstić information content (AvgIpc) is 2.39. The molecule has 0 saturated carbocycles. The number of allylic oxidation sites excluding steroid dienone is 2. The van der Waals surface area contributed by atoms with Crippen LogP contribution in [0.25, 0.3) is 0 Å². The Hall–Kier alpha value is -2.21. The van der Waals surface area contributed by atoms with Gasteiger partial charge in [-0.1, -0.05) is 28.8 Å². The number of hydrogen-bond acceptors (Lipinski definition) is 5. The molecule has 1 aromatic rings. The highest BCUT2D eigenvalue weighted by Gasteiger charge is 2.40. The quantitative estimate of drug-likeness (QED) is 0.777. The minimum Gasteiger partial charge on any atom is -0.761 e. The molecule has 0 radical (unpaired) electrons. The van der Waals surface area contributed by atoms with Crippen LogP contribution in [-0.4, -0.2) is 0 Å². The minimum atomic E-state index is -0.972. The number of rotatable bonds is 1. The molecule has 2 rings (SSSR count). The van der Waals surface area contributed by atoms with Crippen molar-refractivity contribution in [2.75, 3.05) is 0 Å². The zero-order valence-corrected chi connectivity index (χ0v) is 12.1. The second-order valence-electron chi connectivity index (χ2n) is 4.47. The molecule has 0 aromatic heterocycles. The number of benzene rings is 1. The minimum absolute atomic E-state index is 0.175. The van der Waals surface area contributed by atoms with Crippen LogP contribution < -0.4 is 11.1 Å². The number of nitrogens with two attached hydrogens (primary N) is 1. The topological polar surface area (TPSA) is 85.6 Å². The molecule has 0 fully saturated rings. The molecule has 0 amide bonds. The Morgan fingerprint density at radius 2 is 1.75 bits per heavy atom. The highest BCUT2D eigenvalue weighted by atomic mass is 35.5. The summed E-state index contributed by atoms with van der Waals surface area (Å²) < 4.78 is 0. The maximum Gasteiger partial charge on any atom is 0.114 e. The molecule has 20 heavy (non-hydrogen) atoms. The molecule has 0 spiro atoms. The molecule has 1 aromatic carbocycles. The van der Waals surface area contributed by atoms with Crippen LogP contribution in [0, 0.1) is 22.7 Å². The van der Waals surface area contributed by atoms with E-state index in [1.807, 2.05) is 0 Å². The lowest BCUT2D eigenvalue weighted by Gasteiger charge is -2.38. The monoisotopic (exact) mass is 301 g/mol. The average molecular weight is 302 g/mol. The zero-order valence-electron chi connectivity index (χ0n) is 10.6. The van der Waals surface area contributed by atoms with Gasteiger partial charge in [-0.05, 0) is 24.6 Å². The Kier molecular flexibility index (Phi) is 3.59. The van der Waals surface area contributed by atoms with E-state index in [-0.39, 0.29) is 16.4 Å². The third-order valence-corrected chi connectivity index (χ3v) is 3.95. The highest BCUT2D eigenvalue weighted by Crippen LogP contribution is 2.42. The van der Waals surface area contributed by atoms with Gasteiger partial charge in [0, 0.05) is 10.6 Å². The van der Waals surface area contributed by atoms with Gasteiger partial charge in [0.05, 0.1) is 23.1 Å². The van der Waals surface area contributed by atoms with Crippen molar-refractivity contribution in [3.05, 3.63) is 56.8 Å². The number of nitrogens with zero attached hydrogens (tertiary/aromatic N) is 2. The molecular formula is C14H10ClN4S-. The summed E-state index contributed by atoms with van der Waals surface area (Å²) in [5, 5.41) is 22.3. The molecule has 1 heterocycles. The summed E-state index contributed by atoms with van der Waals surface area (Å²) in [6, 6.07) is 11.1. The Labute approximate surface area is 127 Å². The largest absolute Gasteiger partial charge is 0.761 e. The molecule has 3 N–H and O–H groups in total. The van der Waals surface area contributed by atoms with Crippen molar-refractivity contribution in [1.29, 1.82) is 10.5 Å². The van der Waals surface area contributed by atoms with Crippen LogP contribution in [0.3, 0.4) is 0 Å². The first kappa shape index (κ1) is 14.2. The van der Waals surface area contributed by atoms with E-state index in [2.05, 4.69) is 17.5 Å². The van der Waals surface area contributed by atoms with Gasteiger partial charge in [0.25, 0.3) is 0 Å². The Morgan fingerprint density at radius 1 is 1.20 bits per heavy atom. The fraction of sp³-hybridized carbons (Fsp3) is 0.143. The van der Waals surface area contributed by atoms with E-state index in [0.717, 1.165) is 5.56 Å². The SMILES string of the molecule is CC1(c2ccc(Cl)cc2)C(C#N)=C(N)NC([S-])=C1C#N. The molecule has 1 aliphatic rings. The molecule has 1 atom stereocenters. The van der Waals surface area contributed by atoms with Gasteiger partial charge in [0.2, 0.25) is 0 Å². The van der Waals surface area contributed by atoms with Crippen LogP contribution in [-0.2, 0) is 18.0 Å². The second kappa shape index (κ2) is 5.05. The molecule has 1 unspecified atom stereocenters. The van der Waals surface area contributed by atoms with Gasteiger partial charge < -0.3 is 23.7 Å². The molecule has 4 nitrogen and oxygen atoms in total. The van der Waals surface area contributed by atoms with Gasteiger partial charge in [0.1, 0.15) is 5.82 Å². The molecule has 0 saturated heterocycles. The summed E-state index contributed by atoms with van der Waals surface area (Å²) in [6.07, 6.45) is 0. The van der Waals surface area contributed by atoms with Crippen LogP contribution in [0.15, 0.2) is 46.3 Å². The van der Waals surface area contributed by atoms with Crippen LogP contribution in [0.1, 0.15) is 12.5 Å². The first-order valence-electron chi connectivity index (χ1n) is 5.70. The maximum atomic E-state index is 9.40. The second-order valence-corrected chi connectivity index (χ2v) is 5.32. The fourth-order valence-corrected chi connectivity index (χ4v) is 2.76. The summed E-state index contributed by atoms with van der Waals surface area (Å²) in [5.74, 6) is 0.175. The summed E-state index contributed by atoms with van der Waals surface area (Å²) in [4.78, 5) is 0. The number of nitriles is 2. The fourth-order valence-electron chi connectivity index (χ4n) is 2.28. The number of dihydropyridines is 1. The Morgan fingerprint density at radius 3 is 2.25 bits per heavy atom. The van der Waals surface area contributed by atoms with E-state index in [0.29, 0.717) is 10.6 Å². The van der Waals surface area contributed by atoms with Gasteiger partial charge in [-0.25, -0.2) is 0 Å². The van der Waals surface area contributed by atoms with Gasteiger partial charge in [-0.2, -0.15) is 10.5 Å².